The van der Waals surface area contributed by atoms with Crippen molar-refractivity contribution < 1.29 is 18.3 Å². The number of hydrogen-bond donors (Lipinski definition) is 0. The molecule has 2 aromatic rings. The highest BCUT2D eigenvalue weighted by Crippen LogP contribution is 2.32. The summed E-state index contributed by atoms with van der Waals surface area (Å²) in [5, 5.41) is 1.96. The Bertz CT molecular complexity index is 641. The van der Waals surface area contributed by atoms with E-state index in [0.29, 0.717) is 6.54 Å². The number of thiophene rings is 1. The average Bonchev–Trinajstić information content (AvgIpc) is 3.20. The van der Waals surface area contributed by atoms with Crippen molar-refractivity contribution in [2.75, 3.05) is 0 Å². The van der Waals surface area contributed by atoms with Crippen LogP contribution in [0.25, 0.3) is 0 Å². The summed E-state index contributed by atoms with van der Waals surface area (Å²) < 4.78 is 29.5. The summed E-state index contributed by atoms with van der Waals surface area (Å²) in [6.07, 6.45) is 1.91. The van der Waals surface area contributed by atoms with Gasteiger partial charge in [0.05, 0.1) is 12.1 Å². The normalized spacial score (nSPS) is 14.1. The van der Waals surface area contributed by atoms with E-state index in [0.717, 1.165) is 17.7 Å². The minimum absolute atomic E-state index is 0.0701. The third kappa shape index (κ3) is 3.44. The quantitative estimate of drug-likeness (QED) is 0.799. The highest BCUT2D eigenvalue weighted by Gasteiger charge is 2.34. The summed E-state index contributed by atoms with van der Waals surface area (Å²) in [6.45, 7) is -2.44. The molecule has 0 saturated heterocycles. The van der Waals surface area contributed by atoms with Gasteiger partial charge in [0.25, 0.3) is 5.91 Å². The molecule has 6 heteroatoms. The Morgan fingerprint density at radius 1 is 1.27 bits per heavy atom. The largest absolute Gasteiger partial charge is 0.434 e. The van der Waals surface area contributed by atoms with Gasteiger partial charge >= 0.3 is 6.61 Å². The topological polar surface area (TPSA) is 29.5 Å². The molecule has 3 rings (SSSR count). The maximum Gasteiger partial charge on any atom is 0.387 e. The van der Waals surface area contributed by atoms with E-state index in [2.05, 4.69) is 4.74 Å². The van der Waals surface area contributed by atoms with Gasteiger partial charge in [0, 0.05) is 10.9 Å². The maximum atomic E-state index is 12.8. The molecule has 1 fully saturated rings. The predicted molar refractivity (Wildman–Crippen MR) is 80.3 cm³/mol. The highest BCUT2D eigenvalue weighted by molar-refractivity contribution is 7.09. The van der Waals surface area contributed by atoms with Gasteiger partial charge in [-0.3, -0.25) is 4.79 Å². The van der Waals surface area contributed by atoms with Crippen LogP contribution in [0.4, 0.5) is 8.78 Å². The lowest BCUT2D eigenvalue weighted by Gasteiger charge is -2.23. The SMILES string of the molecule is O=C(c1ccccc1OC(F)F)N(Cc1cccs1)C1CC1. The molecule has 1 amide bonds. The number of carbonyl (C=O) groups excluding carboxylic acids is 1. The molecular formula is C16H15F2NO2S. The van der Waals surface area contributed by atoms with Crippen LogP contribution in [-0.2, 0) is 6.54 Å². The fourth-order valence-corrected chi connectivity index (χ4v) is 3.02. The van der Waals surface area contributed by atoms with E-state index in [1.165, 1.54) is 12.1 Å². The van der Waals surface area contributed by atoms with Crippen molar-refractivity contribution in [2.45, 2.75) is 32.0 Å². The Morgan fingerprint density at radius 2 is 2.05 bits per heavy atom. The zero-order valence-electron chi connectivity index (χ0n) is 11.7. The molecule has 0 unspecified atom stereocenters. The molecule has 22 heavy (non-hydrogen) atoms. The third-order valence-corrected chi connectivity index (χ3v) is 4.35. The molecule has 0 atom stereocenters. The summed E-state index contributed by atoms with van der Waals surface area (Å²) in [5.74, 6) is -0.327. The summed E-state index contributed by atoms with van der Waals surface area (Å²) in [5.41, 5.74) is 0.186. The zero-order chi connectivity index (χ0) is 15.5. The van der Waals surface area contributed by atoms with Gasteiger partial charge in [-0.2, -0.15) is 8.78 Å². The van der Waals surface area contributed by atoms with E-state index in [-0.39, 0.29) is 23.3 Å². The number of rotatable bonds is 6. The van der Waals surface area contributed by atoms with Crippen LogP contribution in [0.3, 0.4) is 0 Å². The lowest BCUT2D eigenvalue weighted by Crippen LogP contribution is -2.32. The summed E-state index contributed by atoms with van der Waals surface area (Å²) >= 11 is 1.58. The van der Waals surface area contributed by atoms with Crippen LogP contribution in [-0.4, -0.2) is 23.5 Å². The van der Waals surface area contributed by atoms with Crippen molar-refractivity contribution >= 4 is 17.2 Å². The number of benzene rings is 1. The van der Waals surface area contributed by atoms with Crippen LogP contribution in [0.1, 0.15) is 28.1 Å². The van der Waals surface area contributed by atoms with Crippen LogP contribution in [0, 0.1) is 0 Å². The molecule has 0 aliphatic heterocycles. The average molecular weight is 323 g/mol. The summed E-state index contributed by atoms with van der Waals surface area (Å²) in [6, 6.07) is 10.3. The standard InChI is InChI=1S/C16H15F2NO2S/c17-16(18)21-14-6-2-1-5-13(14)15(20)19(11-7-8-11)10-12-4-3-9-22-12/h1-6,9,11,16H,7-8,10H2. The second-order valence-corrected chi connectivity index (χ2v) is 6.15. The fraction of sp³-hybridized carbons (Fsp3) is 0.312. The predicted octanol–water partition coefficient (Wildman–Crippen LogP) is 4.15. The maximum absolute atomic E-state index is 12.8. The molecular weight excluding hydrogens is 308 g/mol. The monoisotopic (exact) mass is 323 g/mol. The first-order valence-electron chi connectivity index (χ1n) is 7.02. The Hall–Kier alpha value is -1.95. The van der Waals surface area contributed by atoms with Gasteiger partial charge in [-0.15, -0.1) is 11.3 Å². The van der Waals surface area contributed by atoms with Crippen molar-refractivity contribution in [1.29, 1.82) is 0 Å². The van der Waals surface area contributed by atoms with Crippen molar-refractivity contribution in [2.24, 2.45) is 0 Å². The number of halogens is 2. The van der Waals surface area contributed by atoms with Gasteiger partial charge in [-0.1, -0.05) is 18.2 Å². The van der Waals surface area contributed by atoms with Crippen LogP contribution in [0.15, 0.2) is 41.8 Å². The lowest BCUT2D eigenvalue weighted by atomic mass is 10.1. The van der Waals surface area contributed by atoms with E-state index in [1.54, 1.807) is 28.4 Å². The molecule has 3 nitrogen and oxygen atoms in total. The molecule has 0 bridgehead atoms. The Morgan fingerprint density at radius 3 is 2.68 bits per heavy atom. The van der Waals surface area contributed by atoms with E-state index in [9.17, 15) is 13.6 Å². The van der Waals surface area contributed by atoms with Crippen LogP contribution >= 0.6 is 11.3 Å². The van der Waals surface area contributed by atoms with Gasteiger partial charge in [0.15, 0.2) is 0 Å². The van der Waals surface area contributed by atoms with E-state index in [4.69, 9.17) is 0 Å². The second-order valence-electron chi connectivity index (χ2n) is 5.12. The first-order valence-corrected chi connectivity index (χ1v) is 7.90. The zero-order valence-corrected chi connectivity index (χ0v) is 12.6. The lowest BCUT2D eigenvalue weighted by molar-refractivity contribution is -0.0503. The Kier molecular flexibility index (Phi) is 4.38. The molecule has 0 spiro atoms. The van der Waals surface area contributed by atoms with Gasteiger partial charge in [0.1, 0.15) is 5.75 Å². The molecule has 1 aliphatic rings. The van der Waals surface area contributed by atoms with E-state index >= 15 is 0 Å². The number of nitrogens with zero attached hydrogens (tertiary/aromatic N) is 1. The molecule has 0 N–H and O–H groups in total. The van der Waals surface area contributed by atoms with E-state index in [1.807, 2.05) is 17.5 Å². The fourth-order valence-electron chi connectivity index (χ4n) is 2.32. The van der Waals surface area contributed by atoms with Crippen molar-refractivity contribution in [1.82, 2.24) is 4.90 Å². The summed E-state index contributed by atoms with van der Waals surface area (Å²) in [4.78, 5) is 15.6. The third-order valence-electron chi connectivity index (χ3n) is 3.49. The van der Waals surface area contributed by atoms with Crippen molar-refractivity contribution in [3.63, 3.8) is 0 Å². The van der Waals surface area contributed by atoms with Crippen LogP contribution in [0.2, 0.25) is 0 Å². The molecule has 0 radical (unpaired) electrons. The minimum Gasteiger partial charge on any atom is -0.434 e. The Balaban J connectivity index is 1.84. The Labute approximate surface area is 131 Å². The number of amides is 1. The van der Waals surface area contributed by atoms with Crippen molar-refractivity contribution in [3.05, 3.63) is 52.2 Å². The first-order chi connectivity index (χ1) is 10.6. The van der Waals surface area contributed by atoms with Gasteiger partial charge in [0.2, 0.25) is 0 Å². The molecule has 1 aliphatic carbocycles. The first kappa shape index (κ1) is 15.0. The van der Waals surface area contributed by atoms with Crippen LogP contribution in [0.5, 0.6) is 5.75 Å². The van der Waals surface area contributed by atoms with Gasteiger partial charge in [-0.05, 0) is 36.4 Å². The molecule has 1 aromatic carbocycles. The molecule has 1 aromatic heterocycles. The second kappa shape index (κ2) is 6.44. The number of carbonyl (C=O) groups is 1. The molecule has 1 saturated carbocycles. The number of alkyl halides is 2. The molecule has 1 heterocycles. The van der Waals surface area contributed by atoms with E-state index < -0.39 is 6.61 Å². The van der Waals surface area contributed by atoms with Crippen molar-refractivity contribution in [3.8, 4) is 5.75 Å². The smallest absolute Gasteiger partial charge is 0.387 e. The highest BCUT2D eigenvalue weighted by atomic mass is 32.1. The minimum atomic E-state index is -2.94. The number of ether oxygens (including phenoxy) is 1. The summed E-state index contributed by atoms with van der Waals surface area (Å²) in [7, 11) is 0. The van der Waals surface area contributed by atoms with Gasteiger partial charge < -0.3 is 9.64 Å². The number of hydrogen-bond acceptors (Lipinski definition) is 3. The number of para-hydroxylation sites is 1. The van der Waals surface area contributed by atoms with Gasteiger partial charge in [-0.25, -0.2) is 0 Å². The molecule has 116 valence electrons. The van der Waals surface area contributed by atoms with Crippen LogP contribution < -0.4 is 4.74 Å².